The lowest BCUT2D eigenvalue weighted by Gasteiger charge is -2.20. The smallest absolute Gasteiger partial charge is 0.274 e. The number of nitrogens with two attached hydrogens (primary N) is 1. The van der Waals surface area contributed by atoms with E-state index in [1.54, 1.807) is 16.9 Å². The molecule has 1 amide bonds. The van der Waals surface area contributed by atoms with Crippen molar-refractivity contribution in [1.29, 1.82) is 0 Å². The lowest BCUT2D eigenvalue weighted by atomic mass is 10.1. The summed E-state index contributed by atoms with van der Waals surface area (Å²) >= 11 is 0. The van der Waals surface area contributed by atoms with Crippen LogP contribution in [-0.4, -0.2) is 33.2 Å². The Morgan fingerprint density at radius 3 is 2.81 bits per heavy atom. The second-order valence-corrected chi connectivity index (χ2v) is 5.89. The molecule has 21 heavy (non-hydrogen) atoms. The molecule has 5 nitrogen and oxygen atoms in total. The number of nitrogen functional groups attached to an aromatic ring is 1. The Hall–Kier alpha value is -2.30. The minimum Gasteiger partial charge on any atom is -0.399 e. The van der Waals surface area contributed by atoms with Crippen LogP contribution in [0.3, 0.4) is 0 Å². The summed E-state index contributed by atoms with van der Waals surface area (Å²) in [7, 11) is 0. The molecule has 2 N–H and O–H groups in total. The molecule has 1 saturated heterocycles. The molecule has 1 aliphatic heterocycles. The number of carbonyl (C=O) groups excluding carboxylic acids is 1. The highest BCUT2D eigenvalue weighted by Crippen LogP contribution is 2.24. The summed E-state index contributed by atoms with van der Waals surface area (Å²) in [5, 5.41) is 4.40. The molecule has 1 aromatic heterocycles. The third-order valence-corrected chi connectivity index (χ3v) is 3.99. The molecule has 1 aliphatic rings. The molecule has 0 spiro atoms. The van der Waals surface area contributed by atoms with Gasteiger partial charge < -0.3 is 10.6 Å². The van der Waals surface area contributed by atoms with Crippen LogP contribution in [-0.2, 0) is 0 Å². The maximum atomic E-state index is 12.5. The first-order valence-corrected chi connectivity index (χ1v) is 7.27. The molecule has 0 aliphatic carbocycles. The highest BCUT2D eigenvalue weighted by molar-refractivity contribution is 5.92. The topological polar surface area (TPSA) is 64.2 Å². The van der Waals surface area contributed by atoms with Crippen molar-refractivity contribution in [3.05, 3.63) is 42.2 Å². The normalized spacial score (nSPS) is 21.7. The number of benzene rings is 1. The molecule has 2 atom stereocenters. The minimum absolute atomic E-state index is 0.00880. The molecule has 110 valence electrons. The predicted octanol–water partition coefficient (Wildman–Crippen LogP) is 2.33. The number of carbonyl (C=O) groups is 1. The monoisotopic (exact) mass is 284 g/mol. The van der Waals surface area contributed by atoms with Crippen LogP contribution in [0.25, 0.3) is 5.69 Å². The third kappa shape index (κ3) is 2.63. The van der Waals surface area contributed by atoms with Gasteiger partial charge in [-0.1, -0.05) is 13.0 Å². The van der Waals surface area contributed by atoms with Crippen molar-refractivity contribution in [2.45, 2.75) is 26.3 Å². The van der Waals surface area contributed by atoms with E-state index in [0.717, 1.165) is 18.7 Å². The highest BCUT2D eigenvalue weighted by Gasteiger charge is 2.31. The molecule has 2 unspecified atom stereocenters. The quantitative estimate of drug-likeness (QED) is 0.861. The number of aromatic nitrogens is 2. The molecule has 5 heteroatoms. The van der Waals surface area contributed by atoms with E-state index in [-0.39, 0.29) is 11.9 Å². The molecule has 0 radical (unpaired) electrons. The summed E-state index contributed by atoms with van der Waals surface area (Å²) in [6.45, 7) is 5.08. The lowest BCUT2D eigenvalue weighted by molar-refractivity contribution is 0.0737. The van der Waals surface area contributed by atoms with Gasteiger partial charge in [0.1, 0.15) is 0 Å². The maximum absolute atomic E-state index is 12.5. The Bertz CT molecular complexity index is 664. The Morgan fingerprint density at radius 1 is 1.33 bits per heavy atom. The lowest BCUT2D eigenvalue weighted by Crippen LogP contribution is -2.34. The molecule has 2 heterocycles. The highest BCUT2D eigenvalue weighted by atomic mass is 16.2. The number of rotatable bonds is 2. The van der Waals surface area contributed by atoms with Gasteiger partial charge in [-0.3, -0.25) is 4.79 Å². The Balaban J connectivity index is 1.83. The Kier molecular flexibility index (Phi) is 3.41. The number of amides is 1. The first-order valence-electron chi connectivity index (χ1n) is 7.27. The third-order valence-electron chi connectivity index (χ3n) is 3.99. The summed E-state index contributed by atoms with van der Waals surface area (Å²) in [4.78, 5) is 14.5. The molecule has 2 aromatic rings. The van der Waals surface area contributed by atoms with Crippen molar-refractivity contribution in [2.75, 3.05) is 12.3 Å². The van der Waals surface area contributed by atoms with Crippen LogP contribution in [0.1, 0.15) is 30.8 Å². The molecular formula is C16H20N4O. The summed E-state index contributed by atoms with van der Waals surface area (Å²) < 4.78 is 1.69. The van der Waals surface area contributed by atoms with Gasteiger partial charge in [0.05, 0.1) is 5.69 Å². The zero-order valence-electron chi connectivity index (χ0n) is 12.4. The second-order valence-electron chi connectivity index (χ2n) is 5.89. The van der Waals surface area contributed by atoms with E-state index in [9.17, 15) is 4.79 Å². The number of anilines is 1. The zero-order valence-corrected chi connectivity index (χ0v) is 12.4. The van der Waals surface area contributed by atoms with Gasteiger partial charge in [0.25, 0.3) is 5.91 Å². The van der Waals surface area contributed by atoms with Gasteiger partial charge >= 0.3 is 0 Å². The fraction of sp³-hybridized carbons (Fsp3) is 0.375. The number of hydrogen-bond acceptors (Lipinski definition) is 3. The maximum Gasteiger partial charge on any atom is 0.274 e. The van der Waals surface area contributed by atoms with Crippen LogP contribution in [0, 0.1) is 5.92 Å². The average molecular weight is 284 g/mol. The van der Waals surface area contributed by atoms with Gasteiger partial charge in [0.15, 0.2) is 5.69 Å². The molecule has 3 rings (SSSR count). The standard InChI is InChI=1S/C16H20N4O/c1-11-8-12(2)19(10-11)16(21)15-6-7-20(18-15)14-5-3-4-13(17)9-14/h3-7,9,11-12H,8,10,17H2,1-2H3. The zero-order chi connectivity index (χ0) is 15.0. The van der Waals surface area contributed by atoms with Crippen LogP contribution in [0.5, 0.6) is 0 Å². The fourth-order valence-corrected chi connectivity index (χ4v) is 2.98. The van der Waals surface area contributed by atoms with Crippen molar-refractivity contribution in [2.24, 2.45) is 5.92 Å². The van der Waals surface area contributed by atoms with Gasteiger partial charge in [-0.05, 0) is 43.5 Å². The van der Waals surface area contributed by atoms with E-state index >= 15 is 0 Å². The first-order chi connectivity index (χ1) is 10.0. The first kappa shape index (κ1) is 13.7. The van der Waals surface area contributed by atoms with Crippen molar-refractivity contribution < 1.29 is 4.79 Å². The van der Waals surface area contributed by atoms with E-state index in [1.807, 2.05) is 29.2 Å². The SMILES string of the molecule is CC1CC(C)N(C(=O)c2ccn(-c3cccc(N)c3)n2)C1. The predicted molar refractivity (Wildman–Crippen MR) is 82.3 cm³/mol. The summed E-state index contributed by atoms with van der Waals surface area (Å²) in [6.07, 6.45) is 2.86. The number of hydrogen-bond donors (Lipinski definition) is 1. The van der Waals surface area contributed by atoms with Crippen molar-refractivity contribution >= 4 is 11.6 Å². The van der Waals surface area contributed by atoms with Gasteiger partial charge in [-0.25, -0.2) is 4.68 Å². The number of likely N-dealkylation sites (tertiary alicyclic amines) is 1. The van der Waals surface area contributed by atoms with E-state index in [4.69, 9.17) is 5.73 Å². The Morgan fingerprint density at radius 2 is 2.14 bits per heavy atom. The second kappa shape index (κ2) is 5.24. The fourth-order valence-electron chi connectivity index (χ4n) is 2.98. The van der Waals surface area contributed by atoms with Crippen LogP contribution in [0.2, 0.25) is 0 Å². The summed E-state index contributed by atoms with van der Waals surface area (Å²) in [5.41, 5.74) is 7.80. The minimum atomic E-state index is 0.00880. The van der Waals surface area contributed by atoms with Gasteiger partial charge in [0, 0.05) is 24.5 Å². The van der Waals surface area contributed by atoms with Crippen LogP contribution in [0.15, 0.2) is 36.5 Å². The van der Waals surface area contributed by atoms with Gasteiger partial charge in [-0.2, -0.15) is 5.10 Å². The van der Waals surface area contributed by atoms with Gasteiger partial charge in [0.2, 0.25) is 0 Å². The summed E-state index contributed by atoms with van der Waals surface area (Å²) in [6, 6.07) is 9.50. The van der Waals surface area contributed by atoms with E-state index in [2.05, 4.69) is 18.9 Å². The van der Waals surface area contributed by atoms with E-state index < -0.39 is 0 Å². The average Bonchev–Trinajstić information content (AvgIpc) is 3.05. The van der Waals surface area contributed by atoms with E-state index in [0.29, 0.717) is 17.3 Å². The largest absolute Gasteiger partial charge is 0.399 e. The molecule has 1 aromatic carbocycles. The Labute approximate surface area is 124 Å². The van der Waals surface area contributed by atoms with Crippen LogP contribution >= 0.6 is 0 Å². The van der Waals surface area contributed by atoms with Gasteiger partial charge in [-0.15, -0.1) is 0 Å². The van der Waals surface area contributed by atoms with Crippen LogP contribution in [0.4, 0.5) is 5.69 Å². The summed E-state index contributed by atoms with van der Waals surface area (Å²) in [5.74, 6) is 0.564. The molecule has 1 fully saturated rings. The molecular weight excluding hydrogens is 264 g/mol. The molecule has 0 saturated carbocycles. The van der Waals surface area contributed by atoms with Crippen molar-refractivity contribution in [1.82, 2.24) is 14.7 Å². The van der Waals surface area contributed by atoms with Crippen molar-refractivity contribution in [3.63, 3.8) is 0 Å². The van der Waals surface area contributed by atoms with E-state index in [1.165, 1.54) is 0 Å². The number of nitrogens with zero attached hydrogens (tertiary/aromatic N) is 3. The van der Waals surface area contributed by atoms with Crippen LogP contribution < -0.4 is 5.73 Å². The molecule has 0 bridgehead atoms. The van der Waals surface area contributed by atoms with Crippen molar-refractivity contribution in [3.8, 4) is 5.69 Å².